The Balaban J connectivity index is 2.05. The summed E-state index contributed by atoms with van der Waals surface area (Å²) in [5, 5.41) is 13.8. The first-order chi connectivity index (χ1) is 7.78. The summed E-state index contributed by atoms with van der Waals surface area (Å²) < 4.78 is 4.25. The van der Waals surface area contributed by atoms with Crippen LogP contribution in [0.25, 0.3) is 0 Å². The van der Waals surface area contributed by atoms with Crippen LogP contribution in [0.4, 0.5) is 5.13 Å². The maximum Gasteiger partial charge on any atom is 0.203 e. The smallest absolute Gasteiger partial charge is 0.203 e. The zero-order chi connectivity index (χ0) is 11.4. The molecule has 0 spiro atoms. The Morgan fingerprint density at radius 2 is 2.12 bits per heavy atom. The van der Waals surface area contributed by atoms with Crippen LogP contribution in [0.3, 0.4) is 0 Å². The molecule has 0 unspecified atom stereocenters. The van der Waals surface area contributed by atoms with E-state index in [2.05, 4.69) is 14.7 Å². The van der Waals surface area contributed by atoms with Gasteiger partial charge in [0.1, 0.15) is 5.82 Å². The summed E-state index contributed by atoms with van der Waals surface area (Å²) in [7, 11) is 0. The summed E-state index contributed by atoms with van der Waals surface area (Å²) in [5.74, 6) is 0.886. The van der Waals surface area contributed by atoms with Crippen molar-refractivity contribution < 1.29 is 5.11 Å². The third-order valence-corrected chi connectivity index (χ3v) is 3.94. The third kappa shape index (κ3) is 2.52. The first-order valence-electron chi connectivity index (χ1n) is 6.00. The van der Waals surface area contributed by atoms with E-state index >= 15 is 0 Å². The molecule has 0 aliphatic heterocycles. The number of nitrogens with zero attached hydrogens (tertiary/aromatic N) is 2. The van der Waals surface area contributed by atoms with Crippen LogP contribution in [0.15, 0.2) is 0 Å². The molecule has 1 aliphatic carbocycles. The number of aliphatic hydroxyl groups excluding tert-OH is 1. The summed E-state index contributed by atoms with van der Waals surface area (Å²) in [6.07, 6.45) is 6.58. The average molecular weight is 241 g/mol. The van der Waals surface area contributed by atoms with Crippen LogP contribution < -0.4 is 5.32 Å². The van der Waals surface area contributed by atoms with Gasteiger partial charge in [-0.25, -0.2) is 4.98 Å². The van der Waals surface area contributed by atoms with Gasteiger partial charge in [0, 0.05) is 18.0 Å². The molecule has 0 radical (unpaired) electrons. The van der Waals surface area contributed by atoms with Gasteiger partial charge in [-0.1, -0.05) is 26.2 Å². The van der Waals surface area contributed by atoms with Crippen LogP contribution in [0.5, 0.6) is 0 Å². The highest BCUT2D eigenvalue weighted by atomic mass is 32.1. The monoisotopic (exact) mass is 241 g/mol. The molecule has 0 amide bonds. The first-order valence-corrected chi connectivity index (χ1v) is 6.77. The molecule has 1 heterocycles. The van der Waals surface area contributed by atoms with Crippen molar-refractivity contribution in [2.45, 2.75) is 51.0 Å². The van der Waals surface area contributed by atoms with E-state index in [1.54, 1.807) is 0 Å². The minimum absolute atomic E-state index is 0.150. The summed E-state index contributed by atoms with van der Waals surface area (Å²) >= 11 is 1.40. The third-order valence-electron chi connectivity index (χ3n) is 3.27. The fraction of sp³-hybridized carbons (Fsp3) is 0.818. The molecule has 0 saturated heterocycles. The van der Waals surface area contributed by atoms with Crippen molar-refractivity contribution in [3.8, 4) is 0 Å². The maximum absolute atomic E-state index is 9.56. The van der Waals surface area contributed by atoms with E-state index in [4.69, 9.17) is 0 Å². The number of nitrogens with one attached hydrogen (secondary N) is 1. The lowest BCUT2D eigenvalue weighted by Crippen LogP contribution is -2.43. The van der Waals surface area contributed by atoms with Crippen LogP contribution in [-0.2, 0) is 6.42 Å². The lowest BCUT2D eigenvalue weighted by Gasteiger charge is -2.36. The molecule has 16 heavy (non-hydrogen) atoms. The molecule has 4 nitrogen and oxygen atoms in total. The fourth-order valence-corrected chi connectivity index (χ4v) is 3.00. The minimum atomic E-state index is -0.150. The van der Waals surface area contributed by atoms with Crippen LogP contribution in [0.1, 0.15) is 44.9 Å². The zero-order valence-corrected chi connectivity index (χ0v) is 10.5. The van der Waals surface area contributed by atoms with Crippen molar-refractivity contribution in [2.24, 2.45) is 0 Å². The van der Waals surface area contributed by atoms with Gasteiger partial charge in [0.2, 0.25) is 5.13 Å². The second-order valence-corrected chi connectivity index (χ2v) is 5.25. The van der Waals surface area contributed by atoms with E-state index in [1.807, 2.05) is 6.92 Å². The van der Waals surface area contributed by atoms with E-state index in [1.165, 1.54) is 30.8 Å². The van der Waals surface area contributed by atoms with Gasteiger partial charge in [0.15, 0.2) is 0 Å². The van der Waals surface area contributed by atoms with Gasteiger partial charge in [0.05, 0.1) is 12.1 Å². The van der Waals surface area contributed by atoms with E-state index < -0.39 is 0 Å². The van der Waals surface area contributed by atoms with E-state index in [-0.39, 0.29) is 12.1 Å². The van der Waals surface area contributed by atoms with Crippen LogP contribution in [-0.4, -0.2) is 26.6 Å². The number of aryl methyl sites for hydroxylation is 1. The molecule has 0 aromatic carbocycles. The average Bonchev–Trinajstić information content (AvgIpc) is 2.78. The van der Waals surface area contributed by atoms with Gasteiger partial charge in [-0.05, 0) is 12.8 Å². The second kappa shape index (κ2) is 5.10. The standard InChI is InChI=1S/C11H19N3OS/c1-2-9-12-10(16-14-9)13-11(8-15)6-4-3-5-7-11/h15H,2-8H2,1H3,(H,12,13,14). The number of anilines is 1. The number of rotatable bonds is 4. The number of aromatic nitrogens is 2. The number of hydrogen-bond donors (Lipinski definition) is 2. The molecule has 1 saturated carbocycles. The molecule has 1 aliphatic rings. The highest BCUT2D eigenvalue weighted by Crippen LogP contribution is 2.31. The predicted octanol–water partition coefficient (Wildman–Crippen LogP) is 2.21. The molecule has 2 rings (SSSR count). The first kappa shape index (κ1) is 11.8. The summed E-state index contributed by atoms with van der Waals surface area (Å²) in [4.78, 5) is 4.40. The van der Waals surface area contributed by atoms with Crippen molar-refractivity contribution in [3.63, 3.8) is 0 Å². The molecule has 1 fully saturated rings. The van der Waals surface area contributed by atoms with Crippen molar-refractivity contribution in [2.75, 3.05) is 11.9 Å². The molecular weight excluding hydrogens is 222 g/mol. The molecule has 2 N–H and O–H groups in total. The zero-order valence-electron chi connectivity index (χ0n) is 9.70. The molecular formula is C11H19N3OS. The summed E-state index contributed by atoms with van der Waals surface area (Å²) in [6.45, 7) is 2.24. The van der Waals surface area contributed by atoms with Crippen molar-refractivity contribution in [1.82, 2.24) is 9.36 Å². The van der Waals surface area contributed by atoms with Gasteiger partial charge >= 0.3 is 0 Å². The summed E-state index contributed by atoms with van der Waals surface area (Å²) in [6, 6.07) is 0. The Morgan fingerprint density at radius 3 is 2.69 bits per heavy atom. The lowest BCUT2D eigenvalue weighted by atomic mass is 9.82. The quantitative estimate of drug-likeness (QED) is 0.848. The number of aliphatic hydroxyl groups is 1. The van der Waals surface area contributed by atoms with E-state index in [0.29, 0.717) is 0 Å². The SMILES string of the molecule is CCc1nsc(NC2(CO)CCCCC2)n1. The molecule has 0 atom stereocenters. The van der Waals surface area contributed by atoms with Gasteiger partial charge in [-0.3, -0.25) is 0 Å². The molecule has 5 heteroatoms. The van der Waals surface area contributed by atoms with Gasteiger partial charge < -0.3 is 10.4 Å². The Kier molecular flexibility index (Phi) is 3.76. The lowest BCUT2D eigenvalue weighted by molar-refractivity contribution is 0.173. The van der Waals surface area contributed by atoms with Crippen molar-refractivity contribution in [3.05, 3.63) is 5.82 Å². The Hall–Kier alpha value is -0.680. The molecule has 0 bridgehead atoms. The van der Waals surface area contributed by atoms with E-state index in [9.17, 15) is 5.11 Å². The van der Waals surface area contributed by atoms with Crippen molar-refractivity contribution in [1.29, 1.82) is 0 Å². The van der Waals surface area contributed by atoms with Crippen molar-refractivity contribution >= 4 is 16.7 Å². The second-order valence-electron chi connectivity index (χ2n) is 4.49. The van der Waals surface area contributed by atoms with Gasteiger partial charge in [-0.2, -0.15) is 4.37 Å². The van der Waals surface area contributed by atoms with Gasteiger partial charge in [-0.15, -0.1) is 0 Å². The van der Waals surface area contributed by atoms with Gasteiger partial charge in [0.25, 0.3) is 0 Å². The highest BCUT2D eigenvalue weighted by Gasteiger charge is 2.32. The molecule has 1 aromatic heterocycles. The highest BCUT2D eigenvalue weighted by molar-refractivity contribution is 7.09. The van der Waals surface area contributed by atoms with Crippen LogP contribution >= 0.6 is 11.5 Å². The Morgan fingerprint density at radius 1 is 1.38 bits per heavy atom. The largest absolute Gasteiger partial charge is 0.394 e. The van der Waals surface area contributed by atoms with E-state index in [0.717, 1.165) is 30.2 Å². The fourth-order valence-electron chi connectivity index (χ4n) is 2.23. The number of hydrogen-bond acceptors (Lipinski definition) is 5. The molecule has 90 valence electrons. The van der Waals surface area contributed by atoms with Crippen LogP contribution in [0.2, 0.25) is 0 Å². The normalized spacial score (nSPS) is 19.6. The molecule has 1 aromatic rings. The Bertz CT molecular complexity index is 334. The van der Waals surface area contributed by atoms with Crippen LogP contribution in [0, 0.1) is 0 Å². The minimum Gasteiger partial charge on any atom is -0.394 e. The topological polar surface area (TPSA) is 58.0 Å². The maximum atomic E-state index is 9.56. The Labute approximate surface area is 100 Å². The summed E-state index contributed by atoms with van der Waals surface area (Å²) in [5.41, 5.74) is -0.150. The predicted molar refractivity (Wildman–Crippen MR) is 65.8 cm³/mol.